The summed E-state index contributed by atoms with van der Waals surface area (Å²) in [5.41, 5.74) is 1.37. The van der Waals surface area contributed by atoms with Crippen LogP contribution in [0.1, 0.15) is 29.9 Å². The van der Waals surface area contributed by atoms with Gasteiger partial charge >= 0.3 is 5.97 Å². The number of anilines is 1. The number of hydrogen-bond acceptors (Lipinski definition) is 4. The number of aliphatic carboxylic acids is 1. The highest BCUT2D eigenvalue weighted by atomic mass is 32.1. The molecule has 1 amide bonds. The van der Waals surface area contributed by atoms with Crippen LogP contribution in [-0.2, 0) is 9.59 Å². The van der Waals surface area contributed by atoms with Gasteiger partial charge in [-0.2, -0.15) is 5.26 Å². The lowest BCUT2D eigenvalue weighted by Gasteiger charge is -2.05. The summed E-state index contributed by atoms with van der Waals surface area (Å²) < 4.78 is 0. The highest BCUT2D eigenvalue weighted by Gasteiger charge is 2.17. The molecular weight excluding hydrogens is 264 g/mol. The van der Waals surface area contributed by atoms with Crippen LogP contribution in [0, 0.1) is 25.2 Å². The van der Waals surface area contributed by atoms with Crippen molar-refractivity contribution in [1.29, 1.82) is 5.26 Å². The molecule has 0 spiro atoms. The number of amides is 1. The van der Waals surface area contributed by atoms with Gasteiger partial charge in [0.1, 0.15) is 11.1 Å². The Morgan fingerprint density at radius 1 is 1.26 bits per heavy atom. The Balaban J connectivity index is 3.09. The molecule has 1 rings (SSSR count). The monoisotopic (exact) mass is 278 g/mol. The molecule has 1 aromatic heterocycles. The number of hydrogen-bond donors (Lipinski definition) is 2. The van der Waals surface area contributed by atoms with Crippen molar-refractivity contribution in [3.63, 3.8) is 0 Å². The first-order valence-electron chi connectivity index (χ1n) is 5.51. The first kappa shape index (κ1) is 14.9. The summed E-state index contributed by atoms with van der Waals surface area (Å²) in [4.78, 5) is 23.7. The summed E-state index contributed by atoms with van der Waals surface area (Å²) in [6, 6.07) is 2.04. The molecule has 2 N–H and O–H groups in total. The molecule has 0 fully saturated rings. The number of rotatable bonds is 3. The Hall–Kier alpha value is -2.13. The maximum atomic E-state index is 11.9. The molecule has 0 aromatic carbocycles. The van der Waals surface area contributed by atoms with E-state index >= 15 is 0 Å². The molecule has 1 aromatic rings. The van der Waals surface area contributed by atoms with Gasteiger partial charge in [0.2, 0.25) is 0 Å². The third-order valence-corrected chi connectivity index (χ3v) is 4.07. The van der Waals surface area contributed by atoms with E-state index in [1.54, 1.807) is 0 Å². The van der Waals surface area contributed by atoms with Crippen molar-refractivity contribution in [1.82, 2.24) is 0 Å². The maximum Gasteiger partial charge on any atom is 0.331 e. The Kier molecular flexibility index (Phi) is 4.46. The average molecular weight is 278 g/mol. The van der Waals surface area contributed by atoms with E-state index in [0.29, 0.717) is 10.6 Å². The Morgan fingerprint density at radius 3 is 2.32 bits per heavy atom. The van der Waals surface area contributed by atoms with E-state index in [-0.39, 0.29) is 11.1 Å². The van der Waals surface area contributed by atoms with E-state index < -0.39 is 11.9 Å². The van der Waals surface area contributed by atoms with E-state index in [1.165, 1.54) is 25.2 Å². The third kappa shape index (κ3) is 3.01. The Morgan fingerprint density at radius 2 is 1.84 bits per heavy atom. The third-order valence-electron chi connectivity index (χ3n) is 2.95. The Bertz CT molecular complexity index is 621. The number of nitrogens with one attached hydrogen (secondary N) is 1. The lowest BCUT2D eigenvalue weighted by atomic mass is 10.1. The minimum Gasteiger partial charge on any atom is -0.478 e. The van der Waals surface area contributed by atoms with Crippen LogP contribution in [-0.4, -0.2) is 17.0 Å². The van der Waals surface area contributed by atoms with Gasteiger partial charge in [-0.15, -0.1) is 11.3 Å². The van der Waals surface area contributed by atoms with Crippen molar-refractivity contribution in [3.8, 4) is 6.07 Å². The first-order chi connectivity index (χ1) is 8.79. The number of nitrogens with zero attached hydrogens (tertiary/aromatic N) is 1. The predicted molar refractivity (Wildman–Crippen MR) is 73.1 cm³/mol. The molecule has 0 aliphatic heterocycles. The van der Waals surface area contributed by atoms with Crippen LogP contribution in [0.3, 0.4) is 0 Å². The lowest BCUT2D eigenvalue weighted by molar-refractivity contribution is -0.133. The minimum absolute atomic E-state index is 0.0130. The smallest absolute Gasteiger partial charge is 0.331 e. The summed E-state index contributed by atoms with van der Waals surface area (Å²) in [5, 5.41) is 20.9. The predicted octanol–water partition coefficient (Wildman–Crippen LogP) is 2.60. The molecule has 0 bridgehead atoms. The van der Waals surface area contributed by atoms with Gasteiger partial charge in [0.05, 0.1) is 5.56 Å². The second-order valence-electron chi connectivity index (χ2n) is 4.11. The maximum absolute atomic E-state index is 11.9. The number of nitriles is 1. The number of carbonyl (C=O) groups excluding carboxylic acids is 1. The molecular formula is C13H14N2O3S. The number of carbonyl (C=O) groups is 2. The van der Waals surface area contributed by atoms with E-state index in [1.807, 2.05) is 19.9 Å². The fourth-order valence-corrected chi connectivity index (χ4v) is 2.38. The van der Waals surface area contributed by atoms with Gasteiger partial charge < -0.3 is 10.4 Å². The number of thiophene rings is 1. The molecule has 100 valence electrons. The van der Waals surface area contributed by atoms with Crippen molar-refractivity contribution in [2.45, 2.75) is 27.7 Å². The summed E-state index contributed by atoms with van der Waals surface area (Å²) in [6.45, 7) is 6.48. The average Bonchev–Trinajstić information content (AvgIpc) is 2.62. The Labute approximate surface area is 115 Å². The molecule has 1 heterocycles. The van der Waals surface area contributed by atoms with Crippen molar-refractivity contribution >= 4 is 28.2 Å². The molecule has 0 atom stereocenters. The van der Waals surface area contributed by atoms with Crippen LogP contribution in [0.25, 0.3) is 0 Å². The number of carboxylic acid groups (broad SMARTS) is 1. The zero-order chi connectivity index (χ0) is 14.7. The normalized spacial score (nSPS) is 11.5. The number of aryl methyl sites for hydroxylation is 1. The summed E-state index contributed by atoms with van der Waals surface area (Å²) in [5.74, 6) is -1.63. The quantitative estimate of drug-likeness (QED) is 0.831. The second-order valence-corrected chi connectivity index (χ2v) is 5.33. The highest BCUT2D eigenvalue weighted by Crippen LogP contribution is 2.31. The first-order valence-corrected chi connectivity index (χ1v) is 6.33. The van der Waals surface area contributed by atoms with E-state index in [4.69, 9.17) is 10.4 Å². The second kappa shape index (κ2) is 5.67. The standard InChI is InChI=1S/C13H14N2O3S/c1-6(7(2)13(17)18)11(16)15-12-10(5-14)8(3)9(4)19-12/h1-4H3,(H,15,16)(H,17,18). The van der Waals surface area contributed by atoms with Crippen LogP contribution in [0.15, 0.2) is 11.1 Å². The molecule has 0 unspecified atom stereocenters. The lowest BCUT2D eigenvalue weighted by Crippen LogP contribution is -2.16. The summed E-state index contributed by atoms with van der Waals surface area (Å²) in [6.07, 6.45) is 0. The minimum atomic E-state index is -1.13. The van der Waals surface area contributed by atoms with Crippen LogP contribution >= 0.6 is 11.3 Å². The molecule has 5 nitrogen and oxygen atoms in total. The topological polar surface area (TPSA) is 90.2 Å². The van der Waals surface area contributed by atoms with Gasteiger partial charge in [-0.1, -0.05) is 0 Å². The molecule has 0 aliphatic rings. The molecule has 0 saturated carbocycles. The molecule has 0 radical (unpaired) electrons. The van der Waals surface area contributed by atoms with Gasteiger partial charge in [-0.3, -0.25) is 4.79 Å². The van der Waals surface area contributed by atoms with Crippen LogP contribution in [0.2, 0.25) is 0 Å². The van der Waals surface area contributed by atoms with Crippen LogP contribution in [0.4, 0.5) is 5.00 Å². The van der Waals surface area contributed by atoms with Gasteiger partial charge in [0, 0.05) is 16.0 Å². The van der Waals surface area contributed by atoms with Crippen molar-refractivity contribution in [2.24, 2.45) is 0 Å². The van der Waals surface area contributed by atoms with Gasteiger partial charge in [-0.05, 0) is 33.3 Å². The highest BCUT2D eigenvalue weighted by molar-refractivity contribution is 7.16. The zero-order valence-electron chi connectivity index (χ0n) is 11.1. The van der Waals surface area contributed by atoms with Gasteiger partial charge in [0.25, 0.3) is 5.91 Å². The largest absolute Gasteiger partial charge is 0.478 e. The fourth-order valence-electron chi connectivity index (χ4n) is 1.38. The van der Waals surface area contributed by atoms with Crippen LogP contribution in [0.5, 0.6) is 0 Å². The van der Waals surface area contributed by atoms with E-state index in [0.717, 1.165) is 10.4 Å². The van der Waals surface area contributed by atoms with Crippen molar-refractivity contribution in [3.05, 3.63) is 27.2 Å². The van der Waals surface area contributed by atoms with Crippen molar-refractivity contribution < 1.29 is 14.7 Å². The van der Waals surface area contributed by atoms with Gasteiger partial charge in [0.15, 0.2) is 0 Å². The van der Waals surface area contributed by atoms with Crippen molar-refractivity contribution in [2.75, 3.05) is 5.32 Å². The summed E-state index contributed by atoms with van der Waals surface area (Å²) in [7, 11) is 0. The molecule has 0 saturated heterocycles. The van der Waals surface area contributed by atoms with Crippen LogP contribution < -0.4 is 5.32 Å². The van der Waals surface area contributed by atoms with E-state index in [9.17, 15) is 9.59 Å². The van der Waals surface area contributed by atoms with Gasteiger partial charge in [-0.25, -0.2) is 4.79 Å². The summed E-state index contributed by atoms with van der Waals surface area (Å²) >= 11 is 1.31. The zero-order valence-corrected chi connectivity index (χ0v) is 11.9. The molecule has 0 aliphatic carbocycles. The van der Waals surface area contributed by atoms with E-state index in [2.05, 4.69) is 5.32 Å². The number of carboxylic acids is 1. The fraction of sp³-hybridized carbons (Fsp3) is 0.308. The molecule has 19 heavy (non-hydrogen) atoms. The SMILES string of the molecule is CC(C(=O)O)=C(C)C(=O)Nc1sc(C)c(C)c1C#N. The molecule has 6 heteroatoms.